The minimum atomic E-state index is 0.740. The maximum absolute atomic E-state index is 2.45. The van der Waals surface area contributed by atoms with E-state index >= 15 is 0 Å². The van der Waals surface area contributed by atoms with Gasteiger partial charge in [-0.1, -0.05) is 19.9 Å². The van der Waals surface area contributed by atoms with Gasteiger partial charge >= 0.3 is 0 Å². The van der Waals surface area contributed by atoms with Crippen molar-refractivity contribution in [1.82, 2.24) is 0 Å². The average Bonchev–Trinajstić information content (AvgIpc) is 2.06. The summed E-state index contributed by atoms with van der Waals surface area (Å²) in [4.78, 5) is 0. The Morgan fingerprint density at radius 2 is 1.69 bits per heavy atom. The number of hydrogen-bond acceptors (Lipinski definition) is 0. The lowest BCUT2D eigenvalue weighted by Gasteiger charge is -2.09. The zero-order chi connectivity index (χ0) is 10.0. The third-order valence-electron chi connectivity index (χ3n) is 1.74. The molecule has 0 aliphatic heterocycles. The van der Waals surface area contributed by atoms with Crippen molar-refractivity contribution in [2.45, 2.75) is 20.3 Å². The molecule has 0 unspecified atom stereocenters. The predicted octanol–water partition coefficient (Wildman–Crippen LogP) is 4.70. The van der Waals surface area contributed by atoms with Crippen LogP contribution in [0.2, 0.25) is 0 Å². The third kappa shape index (κ3) is 3.48. The van der Waals surface area contributed by atoms with Crippen molar-refractivity contribution in [2.75, 3.05) is 0 Å². The highest BCUT2D eigenvalue weighted by atomic mass is 127. The Bertz CT molecular complexity index is 305. The van der Waals surface area contributed by atoms with Crippen LogP contribution in [0.3, 0.4) is 0 Å². The zero-order valence-electron chi connectivity index (χ0n) is 7.57. The van der Waals surface area contributed by atoms with Crippen LogP contribution in [0.25, 0.3) is 0 Å². The number of halogens is 3. The number of hydrogen-bond donors (Lipinski definition) is 0. The summed E-state index contributed by atoms with van der Waals surface area (Å²) in [6, 6.07) is 4.47. The largest absolute Gasteiger partial charge is 0.0625 e. The fraction of sp³-hybridized carbons (Fsp3) is 0.400. The van der Waals surface area contributed by atoms with Gasteiger partial charge in [0.2, 0.25) is 0 Å². The molecule has 0 aliphatic carbocycles. The second-order valence-corrected chi connectivity index (χ2v) is 6.75. The van der Waals surface area contributed by atoms with Gasteiger partial charge in [-0.3, -0.25) is 0 Å². The maximum Gasteiger partial charge on any atom is 0.0400 e. The van der Waals surface area contributed by atoms with Crippen molar-refractivity contribution in [3.8, 4) is 0 Å². The van der Waals surface area contributed by atoms with Gasteiger partial charge in [0.15, 0.2) is 0 Å². The van der Waals surface area contributed by atoms with Gasteiger partial charge < -0.3 is 0 Å². The Morgan fingerprint density at radius 1 is 1.08 bits per heavy atom. The quantitative estimate of drug-likeness (QED) is 0.399. The molecule has 0 saturated heterocycles. The van der Waals surface area contributed by atoms with Crippen LogP contribution in [0, 0.1) is 16.6 Å². The van der Waals surface area contributed by atoms with Gasteiger partial charge in [-0.15, -0.1) is 0 Å². The summed E-state index contributed by atoms with van der Waals surface area (Å²) < 4.78 is 4.19. The average molecular weight is 512 g/mol. The first kappa shape index (κ1) is 12.5. The van der Waals surface area contributed by atoms with Crippen molar-refractivity contribution in [3.63, 3.8) is 0 Å². The highest BCUT2D eigenvalue weighted by molar-refractivity contribution is 14.1. The fourth-order valence-electron chi connectivity index (χ4n) is 1.16. The van der Waals surface area contributed by atoms with Gasteiger partial charge in [-0.05, 0) is 91.7 Å². The third-order valence-corrected chi connectivity index (χ3v) is 7.06. The van der Waals surface area contributed by atoms with Crippen LogP contribution in [0.5, 0.6) is 0 Å². The predicted molar refractivity (Wildman–Crippen MR) is 83.1 cm³/mol. The van der Waals surface area contributed by atoms with Gasteiger partial charge in [0.1, 0.15) is 0 Å². The molecule has 72 valence electrons. The summed E-state index contributed by atoms with van der Waals surface area (Å²) in [5, 5.41) is 0. The zero-order valence-corrected chi connectivity index (χ0v) is 14.0. The molecule has 1 rings (SSSR count). The molecule has 0 heterocycles. The summed E-state index contributed by atoms with van der Waals surface area (Å²) in [7, 11) is 0. The Hall–Kier alpha value is 1.41. The molecule has 0 saturated carbocycles. The monoisotopic (exact) mass is 512 g/mol. The van der Waals surface area contributed by atoms with Crippen LogP contribution >= 0.6 is 67.8 Å². The molecule has 0 radical (unpaired) electrons. The molecule has 0 fully saturated rings. The van der Waals surface area contributed by atoms with E-state index in [1.807, 2.05) is 0 Å². The Labute approximate surface area is 121 Å². The van der Waals surface area contributed by atoms with Crippen molar-refractivity contribution >= 4 is 67.8 Å². The Balaban J connectivity index is 3.04. The Morgan fingerprint density at radius 3 is 2.23 bits per heavy atom. The van der Waals surface area contributed by atoms with Crippen LogP contribution in [0.15, 0.2) is 12.1 Å². The molecule has 3 heteroatoms. The standard InChI is InChI=1S/C10H11I3/c1-6(2)5-7-3-4-8(11)10(13)9(7)12/h3-4,6H,5H2,1-2H3. The molecule has 1 aromatic rings. The lowest BCUT2D eigenvalue weighted by molar-refractivity contribution is 0.645. The van der Waals surface area contributed by atoms with Gasteiger partial charge in [0.05, 0.1) is 0 Å². The highest BCUT2D eigenvalue weighted by Crippen LogP contribution is 2.25. The van der Waals surface area contributed by atoms with E-state index in [1.54, 1.807) is 0 Å². The normalized spacial score (nSPS) is 10.9. The van der Waals surface area contributed by atoms with Crippen molar-refractivity contribution in [3.05, 3.63) is 28.4 Å². The fourth-order valence-corrected chi connectivity index (χ4v) is 3.35. The number of benzene rings is 1. The smallest absolute Gasteiger partial charge is 0.0400 e. The molecule has 0 N–H and O–H groups in total. The molecular formula is C10H11I3. The van der Waals surface area contributed by atoms with E-state index in [0.717, 1.165) is 5.92 Å². The second kappa shape index (κ2) is 5.48. The first-order valence-electron chi connectivity index (χ1n) is 4.14. The summed E-state index contributed by atoms with van der Waals surface area (Å²) in [6.07, 6.45) is 1.19. The molecule has 0 nitrogen and oxygen atoms in total. The molecule has 0 aliphatic rings. The summed E-state index contributed by atoms with van der Waals surface area (Å²) in [6.45, 7) is 4.53. The van der Waals surface area contributed by atoms with Crippen LogP contribution in [-0.4, -0.2) is 0 Å². The molecule has 1 aromatic carbocycles. The van der Waals surface area contributed by atoms with Gasteiger partial charge in [0, 0.05) is 10.7 Å². The molecule has 0 amide bonds. The second-order valence-electron chi connectivity index (χ2n) is 3.43. The molecule has 13 heavy (non-hydrogen) atoms. The lowest BCUT2D eigenvalue weighted by Crippen LogP contribution is -1.99. The van der Waals surface area contributed by atoms with E-state index in [4.69, 9.17) is 0 Å². The van der Waals surface area contributed by atoms with E-state index in [-0.39, 0.29) is 0 Å². The van der Waals surface area contributed by atoms with Crippen molar-refractivity contribution < 1.29 is 0 Å². The lowest BCUT2D eigenvalue weighted by atomic mass is 10.0. The van der Waals surface area contributed by atoms with E-state index in [2.05, 4.69) is 93.8 Å². The summed E-state index contributed by atoms with van der Waals surface area (Å²) in [5.41, 5.74) is 1.49. The van der Waals surface area contributed by atoms with Crippen LogP contribution in [-0.2, 0) is 6.42 Å². The highest BCUT2D eigenvalue weighted by Gasteiger charge is 2.08. The first-order valence-corrected chi connectivity index (χ1v) is 7.38. The summed E-state index contributed by atoms with van der Waals surface area (Å²) in [5.74, 6) is 0.740. The van der Waals surface area contributed by atoms with Crippen LogP contribution in [0.4, 0.5) is 0 Å². The topological polar surface area (TPSA) is 0 Å². The molecule has 0 aromatic heterocycles. The molecule has 0 bridgehead atoms. The maximum atomic E-state index is 2.45. The van der Waals surface area contributed by atoms with Crippen molar-refractivity contribution in [1.29, 1.82) is 0 Å². The van der Waals surface area contributed by atoms with E-state index < -0.39 is 0 Å². The summed E-state index contributed by atoms with van der Waals surface area (Å²) >= 11 is 7.27. The minimum Gasteiger partial charge on any atom is -0.0625 e. The molecule has 0 atom stereocenters. The molecular weight excluding hydrogens is 501 g/mol. The van der Waals surface area contributed by atoms with Gasteiger partial charge in [-0.25, -0.2) is 0 Å². The molecule has 0 spiro atoms. The van der Waals surface area contributed by atoms with Crippen LogP contribution < -0.4 is 0 Å². The van der Waals surface area contributed by atoms with E-state index in [0.29, 0.717) is 0 Å². The first-order chi connectivity index (χ1) is 6.02. The SMILES string of the molecule is CC(C)Cc1ccc(I)c(I)c1I. The van der Waals surface area contributed by atoms with Gasteiger partial charge in [-0.2, -0.15) is 0 Å². The van der Waals surface area contributed by atoms with E-state index in [1.165, 1.54) is 22.7 Å². The Kier molecular flexibility index (Phi) is 5.26. The number of rotatable bonds is 2. The van der Waals surface area contributed by atoms with Crippen molar-refractivity contribution in [2.24, 2.45) is 5.92 Å². The minimum absolute atomic E-state index is 0.740. The van der Waals surface area contributed by atoms with Crippen LogP contribution in [0.1, 0.15) is 19.4 Å². The van der Waals surface area contributed by atoms with Gasteiger partial charge in [0.25, 0.3) is 0 Å². The van der Waals surface area contributed by atoms with E-state index in [9.17, 15) is 0 Å².